The second kappa shape index (κ2) is 6.43. The van der Waals surface area contributed by atoms with Crippen molar-refractivity contribution in [3.05, 3.63) is 106 Å². The molecule has 3 aromatic carbocycles. The molecule has 5 rings (SSSR count). The van der Waals surface area contributed by atoms with Gasteiger partial charge < -0.3 is 10.1 Å². The third kappa shape index (κ3) is 2.70. The van der Waals surface area contributed by atoms with Gasteiger partial charge in [-0.3, -0.25) is 0 Å². The summed E-state index contributed by atoms with van der Waals surface area (Å²) in [7, 11) is 0. The number of para-hydroxylation sites is 1. The first-order valence-corrected chi connectivity index (χ1v) is 9.84. The molecule has 0 radical (unpaired) electrons. The van der Waals surface area contributed by atoms with Gasteiger partial charge in [0.25, 0.3) is 0 Å². The number of hydrogen-bond acceptors (Lipinski definition) is 1. The first-order valence-electron chi connectivity index (χ1n) is 9.05. The smallest absolute Gasteiger partial charge is 0.120 e. The molecule has 0 bridgehead atoms. The number of aromatic hydroxyl groups is 1. The van der Waals surface area contributed by atoms with Gasteiger partial charge in [-0.15, -0.1) is 0 Å². The zero-order valence-corrected chi connectivity index (χ0v) is 16.2. The van der Waals surface area contributed by atoms with Crippen LogP contribution in [0.4, 0.5) is 0 Å². The van der Waals surface area contributed by atoms with Crippen molar-refractivity contribution >= 4 is 32.4 Å². The number of rotatable bonds is 3. The molecule has 27 heavy (non-hydrogen) atoms. The average molecular weight is 416 g/mol. The summed E-state index contributed by atoms with van der Waals surface area (Å²) in [5.41, 5.74) is 7.09. The van der Waals surface area contributed by atoms with Crippen LogP contribution in [-0.4, -0.2) is 10.1 Å². The van der Waals surface area contributed by atoms with Gasteiger partial charge in [0.1, 0.15) is 5.75 Å². The zero-order chi connectivity index (χ0) is 18.4. The molecule has 0 fully saturated rings. The molecule has 2 N–H and O–H groups in total. The molecule has 1 heterocycles. The fraction of sp³-hybridized carbons (Fsp3) is 0.0833. The Hall–Kier alpha value is -2.78. The van der Waals surface area contributed by atoms with Crippen LogP contribution in [0.1, 0.15) is 28.2 Å². The summed E-state index contributed by atoms with van der Waals surface area (Å²) >= 11 is 3.46. The van der Waals surface area contributed by atoms with Gasteiger partial charge in [0.2, 0.25) is 0 Å². The summed E-state index contributed by atoms with van der Waals surface area (Å²) in [5, 5.41) is 12.0. The minimum Gasteiger partial charge on any atom is -0.508 e. The highest BCUT2D eigenvalue weighted by molar-refractivity contribution is 9.10. The summed E-state index contributed by atoms with van der Waals surface area (Å²) in [6.45, 7) is 0. The molecule has 1 atom stereocenters. The Morgan fingerprint density at radius 1 is 0.926 bits per heavy atom. The number of halogens is 1. The number of aromatic amines is 1. The lowest BCUT2D eigenvalue weighted by atomic mass is 9.82. The summed E-state index contributed by atoms with van der Waals surface area (Å²) in [6.07, 6.45) is 5.32. The van der Waals surface area contributed by atoms with E-state index in [1.54, 1.807) is 6.07 Å². The first-order chi connectivity index (χ1) is 13.2. The normalized spacial score (nSPS) is 14.2. The maximum atomic E-state index is 10.8. The molecular formula is C24H18BrNO. The number of hydrogen-bond donors (Lipinski definition) is 2. The molecule has 1 aromatic heterocycles. The molecule has 132 valence electrons. The molecule has 1 aliphatic rings. The Bertz CT molecular complexity index is 1190. The molecule has 0 aliphatic heterocycles. The molecule has 3 heteroatoms. The number of aromatic nitrogens is 1. The number of allylic oxidation sites excluding steroid dienone is 2. The van der Waals surface area contributed by atoms with E-state index in [2.05, 4.69) is 75.7 Å². The van der Waals surface area contributed by atoms with Crippen molar-refractivity contribution < 1.29 is 5.11 Å². The predicted molar refractivity (Wildman–Crippen MR) is 114 cm³/mol. The summed E-state index contributed by atoms with van der Waals surface area (Å²) < 4.78 is 0.877. The molecule has 0 saturated carbocycles. The molecule has 0 spiro atoms. The maximum Gasteiger partial charge on any atom is 0.120 e. The number of phenols is 1. The van der Waals surface area contributed by atoms with Crippen LogP contribution in [0.5, 0.6) is 5.75 Å². The van der Waals surface area contributed by atoms with E-state index in [4.69, 9.17) is 0 Å². The molecule has 1 aliphatic carbocycles. The van der Waals surface area contributed by atoms with Crippen LogP contribution in [0, 0.1) is 0 Å². The average Bonchev–Trinajstić information content (AvgIpc) is 3.29. The minimum absolute atomic E-state index is 0.0297. The van der Waals surface area contributed by atoms with Crippen LogP contribution in [0.25, 0.3) is 16.5 Å². The second-order valence-corrected chi connectivity index (χ2v) is 7.86. The fourth-order valence-corrected chi connectivity index (χ4v) is 4.53. The summed E-state index contributed by atoms with van der Waals surface area (Å²) in [5.74, 6) is 0.280. The van der Waals surface area contributed by atoms with E-state index in [1.807, 2.05) is 18.2 Å². The largest absolute Gasteiger partial charge is 0.508 e. The highest BCUT2D eigenvalue weighted by Gasteiger charge is 2.28. The molecular weight excluding hydrogens is 398 g/mol. The van der Waals surface area contributed by atoms with Crippen LogP contribution >= 0.6 is 15.9 Å². The fourth-order valence-electron chi connectivity index (χ4n) is 4.18. The summed E-state index contributed by atoms with van der Waals surface area (Å²) in [6, 6.07) is 22.7. The molecule has 4 aromatic rings. The number of nitrogens with one attached hydrogen (secondary N) is 1. The van der Waals surface area contributed by atoms with Gasteiger partial charge >= 0.3 is 0 Å². The minimum atomic E-state index is -0.0297. The quantitative estimate of drug-likeness (QED) is 0.398. The topological polar surface area (TPSA) is 36.0 Å². The lowest BCUT2D eigenvalue weighted by Gasteiger charge is -2.21. The van der Waals surface area contributed by atoms with Crippen molar-refractivity contribution in [2.75, 3.05) is 0 Å². The van der Waals surface area contributed by atoms with Crippen LogP contribution in [-0.2, 0) is 6.42 Å². The van der Waals surface area contributed by atoms with Gasteiger partial charge in [0.05, 0.1) is 0 Å². The monoisotopic (exact) mass is 415 g/mol. The van der Waals surface area contributed by atoms with Gasteiger partial charge in [0.15, 0.2) is 0 Å². The highest BCUT2D eigenvalue weighted by atomic mass is 79.9. The van der Waals surface area contributed by atoms with Gasteiger partial charge in [-0.05, 0) is 46.9 Å². The molecule has 2 nitrogen and oxygen atoms in total. The van der Waals surface area contributed by atoms with Gasteiger partial charge in [0, 0.05) is 33.1 Å². The van der Waals surface area contributed by atoms with Crippen LogP contribution in [0.15, 0.2) is 83.5 Å². The Balaban J connectivity index is 1.76. The van der Waals surface area contributed by atoms with E-state index < -0.39 is 0 Å². The summed E-state index contributed by atoms with van der Waals surface area (Å²) in [4.78, 5) is 3.40. The second-order valence-electron chi connectivity index (χ2n) is 6.95. The van der Waals surface area contributed by atoms with E-state index in [0.717, 1.165) is 22.0 Å². The van der Waals surface area contributed by atoms with Crippen molar-refractivity contribution in [3.63, 3.8) is 0 Å². The zero-order valence-electron chi connectivity index (χ0n) is 14.6. The lowest BCUT2D eigenvalue weighted by molar-refractivity contribution is 0.467. The van der Waals surface area contributed by atoms with Gasteiger partial charge in [-0.1, -0.05) is 70.5 Å². The van der Waals surface area contributed by atoms with Gasteiger partial charge in [-0.2, -0.15) is 0 Å². The first kappa shape index (κ1) is 16.4. The lowest BCUT2D eigenvalue weighted by Crippen LogP contribution is -2.04. The Kier molecular flexibility index (Phi) is 3.91. The SMILES string of the molecule is Oc1cc(Br)ccc1C(C1=CCc2ccccc21)c1c[nH]c2ccccc12. The maximum absolute atomic E-state index is 10.8. The van der Waals surface area contributed by atoms with Crippen molar-refractivity contribution in [1.82, 2.24) is 4.98 Å². The van der Waals surface area contributed by atoms with Crippen molar-refractivity contribution in [1.29, 1.82) is 0 Å². The molecule has 1 unspecified atom stereocenters. The number of phenolic OH excluding ortho intramolecular Hbond substituents is 1. The molecule has 0 amide bonds. The van der Waals surface area contributed by atoms with E-state index in [9.17, 15) is 5.11 Å². The Labute approximate surface area is 166 Å². The van der Waals surface area contributed by atoms with E-state index in [-0.39, 0.29) is 5.92 Å². The van der Waals surface area contributed by atoms with E-state index in [1.165, 1.54) is 27.6 Å². The van der Waals surface area contributed by atoms with E-state index >= 15 is 0 Å². The Morgan fingerprint density at radius 3 is 2.63 bits per heavy atom. The third-order valence-electron chi connectivity index (χ3n) is 5.42. The predicted octanol–water partition coefficient (Wildman–Crippen LogP) is 6.41. The van der Waals surface area contributed by atoms with Gasteiger partial charge in [-0.25, -0.2) is 0 Å². The number of benzene rings is 3. The standard InChI is InChI=1S/C24H18BrNO/c25-16-10-12-20(23(27)13-16)24(19-11-9-15-5-1-2-6-17(15)19)21-14-26-22-8-4-3-7-18(21)22/h1-8,10-14,24,26-27H,9H2. The van der Waals surface area contributed by atoms with Crippen LogP contribution < -0.4 is 0 Å². The van der Waals surface area contributed by atoms with Crippen LogP contribution in [0.3, 0.4) is 0 Å². The number of fused-ring (bicyclic) bond motifs is 2. The van der Waals surface area contributed by atoms with Crippen molar-refractivity contribution in [3.8, 4) is 5.75 Å². The number of H-pyrrole nitrogens is 1. The van der Waals surface area contributed by atoms with Crippen LogP contribution in [0.2, 0.25) is 0 Å². The third-order valence-corrected chi connectivity index (χ3v) is 5.91. The van der Waals surface area contributed by atoms with E-state index in [0.29, 0.717) is 5.75 Å². The Morgan fingerprint density at radius 2 is 1.74 bits per heavy atom. The highest BCUT2D eigenvalue weighted by Crippen LogP contribution is 2.47. The van der Waals surface area contributed by atoms with Crippen molar-refractivity contribution in [2.45, 2.75) is 12.3 Å². The van der Waals surface area contributed by atoms with Crippen molar-refractivity contribution in [2.24, 2.45) is 0 Å². The molecule has 0 saturated heterocycles.